The van der Waals surface area contributed by atoms with E-state index in [0.717, 1.165) is 4.88 Å². The van der Waals surface area contributed by atoms with Crippen LogP contribution in [-0.2, 0) is 9.53 Å². The molecule has 1 N–H and O–H groups in total. The van der Waals surface area contributed by atoms with Crippen molar-refractivity contribution in [2.75, 3.05) is 7.11 Å². The van der Waals surface area contributed by atoms with Gasteiger partial charge in [0, 0.05) is 6.07 Å². The largest absolute Gasteiger partial charge is 0.467 e. The monoisotopic (exact) mass is 322 g/mol. The van der Waals surface area contributed by atoms with Crippen molar-refractivity contribution in [2.45, 2.75) is 26.3 Å². The number of carbonyl (C=O) groups excluding carboxylic acids is 2. The number of rotatable bonds is 6. The highest BCUT2D eigenvalue weighted by Crippen LogP contribution is 2.25. The van der Waals surface area contributed by atoms with E-state index < -0.39 is 17.9 Å². The highest BCUT2D eigenvalue weighted by Gasteiger charge is 2.24. The molecule has 0 bridgehead atoms. The first-order valence-electron chi connectivity index (χ1n) is 6.90. The Hall–Kier alpha value is -2.15. The average molecular weight is 322 g/mol. The Morgan fingerprint density at radius 3 is 2.82 bits per heavy atom. The van der Waals surface area contributed by atoms with E-state index in [1.54, 1.807) is 6.07 Å². The topological polar surface area (TPSA) is 81.4 Å². The number of carbonyl (C=O) groups is 2. The van der Waals surface area contributed by atoms with Crippen LogP contribution in [0, 0.1) is 5.92 Å². The molecule has 2 aromatic rings. The quantitative estimate of drug-likeness (QED) is 0.827. The molecule has 0 saturated carbocycles. The second-order valence-corrected chi connectivity index (χ2v) is 6.18. The summed E-state index contributed by atoms with van der Waals surface area (Å²) < 4.78 is 9.88. The first-order chi connectivity index (χ1) is 10.5. The van der Waals surface area contributed by atoms with Crippen molar-refractivity contribution in [1.29, 1.82) is 0 Å². The van der Waals surface area contributed by atoms with Gasteiger partial charge in [-0.25, -0.2) is 4.79 Å². The average Bonchev–Trinajstić information content (AvgIpc) is 3.15. The van der Waals surface area contributed by atoms with Crippen LogP contribution < -0.4 is 5.32 Å². The highest BCUT2D eigenvalue weighted by atomic mass is 32.1. The molecule has 0 radical (unpaired) electrons. The molecular formula is C15H18N2O4S. The molecule has 0 unspecified atom stereocenters. The van der Waals surface area contributed by atoms with Gasteiger partial charge in [-0.3, -0.25) is 4.79 Å². The fraction of sp³-hybridized carbons (Fsp3) is 0.400. The van der Waals surface area contributed by atoms with Crippen LogP contribution >= 0.6 is 11.3 Å². The summed E-state index contributed by atoms with van der Waals surface area (Å²) in [5.74, 6) is -0.159. The number of nitrogens with one attached hydrogen (secondary N) is 1. The van der Waals surface area contributed by atoms with E-state index in [-0.39, 0.29) is 11.6 Å². The van der Waals surface area contributed by atoms with Gasteiger partial charge < -0.3 is 14.6 Å². The van der Waals surface area contributed by atoms with E-state index >= 15 is 0 Å². The normalized spacial score (nSPS) is 12.2. The van der Waals surface area contributed by atoms with E-state index in [2.05, 4.69) is 10.5 Å². The number of aromatic nitrogens is 1. The lowest BCUT2D eigenvalue weighted by molar-refractivity contribution is -0.143. The summed E-state index contributed by atoms with van der Waals surface area (Å²) in [7, 11) is 1.30. The Morgan fingerprint density at radius 1 is 1.45 bits per heavy atom. The zero-order chi connectivity index (χ0) is 16.1. The van der Waals surface area contributed by atoms with Gasteiger partial charge in [-0.05, 0) is 23.8 Å². The van der Waals surface area contributed by atoms with Gasteiger partial charge in [-0.2, -0.15) is 0 Å². The van der Waals surface area contributed by atoms with Gasteiger partial charge in [-0.1, -0.05) is 25.1 Å². The molecule has 6 nitrogen and oxygen atoms in total. The minimum absolute atomic E-state index is 0.140. The number of methoxy groups -OCH3 is 1. The zero-order valence-corrected chi connectivity index (χ0v) is 13.5. The van der Waals surface area contributed by atoms with E-state index in [9.17, 15) is 9.59 Å². The lowest BCUT2D eigenvalue weighted by Crippen LogP contribution is -2.42. The third-order valence-corrected chi connectivity index (χ3v) is 3.89. The molecule has 0 saturated heterocycles. The van der Waals surface area contributed by atoms with Crippen LogP contribution in [0.5, 0.6) is 0 Å². The van der Waals surface area contributed by atoms with Crippen molar-refractivity contribution in [3.63, 3.8) is 0 Å². The molecule has 0 aromatic carbocycles. The van der Waals surface area contributed by atoms with Crippen molar-refractivity contribution in [2.24, 2.45) is 5.92 Å². The predicted molar refractivity (Wildman–Crippen MR) is 82.5 cm³/mol. The first-order valence-corrected chi connectivity index (χ1v) is 7.78. The third-order valence-electron chi connectivity index (χ3n) is 3.00. The Labute approximate surface area is 132 Å². The summed E-state index contributed by atoms with van der Waals surface area (Å²) >= 11 is 1.49. The van der Waals surface area contributed by atoms with Crippen molar-refractivity contribution in [3.05, 3.63) is 29.3 Å². The maximum Gasteiger partial charge on any atom is 0.328 e. The Balaban J connectivity index is 2.08. The maximum atomic E-state index is 12.2. The molecule has 22 heavy (non-hydrogen) atoms. The van der Waals surface area contributed by atoms with Crippen LogP contribution in [0.4, 0.5) is 0 Å². The lowest BCUT2D eigenvalue weighted by atomic mass is 10.0. The Bertz CT molecular complexity index is 634. The van der Waals surface area contributed by atoms with Crippen molar-refractivity contribution in [1.82, 2.24) is 10.5 Å². The smallest absolute Gasteiger partial charge is 0.328 e. The number of hydrogen-bond acceptors (Lipinski definition) is 6. The van der Waals surface area contributed by atoms with Crippen LogP contribution in [0.1, 0.15) is 30.8 Å². The summed E-state index contributed by atoms with van der Waals surface area (Å²) in [6.07, 6.45) is 0.494. The highest BCUT2D eigenvalue weighted by molar-refractivity contribution is 7.13. The van der Waals surface area contributed by atoms with Crippen molar-refractivity contribution >= 4 is 23.2 Å². The fourth-order valence-electron chi connectivity index (χ4n) is 1.98. The summed E-state index contributed by atoms with van der Waals surface area (Å²) in [5, 5.41) is 8.31. The number of esters is 1. The summed E-state index contributed by atoms with van der Waals surface area (Å²) in [6.45, 7) is 3.93. The van der Waals surface area contributed by atoms with E-state index in [1.165, 1.54) is 18.4 Å². The molecule has 2 rings (SSSR count). The van der Waals surface area contributed by atoms with Crippen molar-refractivity contribution < 1.29 is 18.8 Å². The molecule has 2 heterocycles. The molecule has 1 amide bonds. The molecule has 7 heteroatoms. The van der Waals surface area contributed by atoms with E-state index in [0.29, 0.717) is 12.2 Å². The molecule has 0 aliphatic heterocycles. The SMILES string of the molecule is COC(=O)[C@@H](CC(C)C)NC(=O)c1cc(-c2cccs2)on1. The molecule has 0 aliphatic rings. The van der Waals surface area contributed by atoms with E-state index in [4.69, 9.17) is 9.26 Å². The maximum absolute atomic E-state index is 12.2. The number of hydrogen-bond donors (Lipinski definition) is 1. The molecule has 0 aliphatic carbocycles. The van der Waals surface area contributed by atoms with Gasteiger partial charge >= 0.3 is 5.97 Å². The molecule has 0 spiro atoms. The molecule has 0 fully saturated rings. The van der Waals surface area contributed by atoms with E-state index in [1.807, 2.05) is 31.4 Å². The third kappa shape index (κ3) is 3.94. The minimum Gasteiger partial charge on any atom is -0.467 e. The molecule has 118 valence electrons. The lowest BCUT2D eigenvalue weighted by Gasteiger charge is -2.17. The van der Waals surface area contributed by atoms with Gasteiger partial charge in [0.25, 0.3) is 5.91 Å². The fourth-order valence-corrected chi connectivity index (χ4v) is 2.65. The predicted octanol–water partition coefficient (Wildman–Crippen LogP) is 2.72. The number of thiophene rings is 1. The molecule has 1 atom stereocenters. The van der Waals surface area contributed by atoms with Gasteiger partial charge in [0.2, 0.25) is 0 Å². The van der Waals surface area contributed by atoms with Crippen LogP contribution in [-0.4, -0.2) is 30.2 Å². The minimum atomic E-state index is -0.695. The van der Waals surface area contributed by atoms with Gasteiger partial charge in [0.05, 0.1) is 12.0 Å². The number of nitrogens with zero attached hydrogens (tertiary/aromatic N) is 1. The van der Waals surface area contributed by atoms with Gasteiger partial charge in [0.15, 0.2) is 11.5 Å². The van der Waals surface area contributed by atoms with Crippen LogP contribution in [0.15, 0.2) is 28.1 Å². The van der Waals surface area contributed by atoms with Crippen LogP contribution in [0.2, 0.25) is 0 Å². The molecule has 2 aromatic heterocycles. The summed E-state index contributed by atoms with van der Waals surface area (Å²) in [4.78, 5) is 24.8. The van der Waals surface area contributed by atoms with Gasteiger partial charge in [-0.15, -0.1) is 11.3 Å². The first kappa shape index (κ1) is 16.2. The standard InChI is InChI=1S/C15H18N2O4S/c1-9(2)7-11(15(19)20-3)16-14(18)10-8-12(21-17-10)13-5-4-6-22-13/h4-6,8-9,11H,7H2,1-3H3,(H,16,18)/t11-/m1/s1. The summed E-state index contributed by atoms with van der Waals surface area (Å²) in [6, 6.07) is 4.63. The Morgan fingerprint density at radius 2 is 2.23 bits per heavy atom. The zero-order valence-electron chi connectivity index (χ0n) is 12.7. The van der Waals surface area contributed by atoms with Gasteiger partial charge in [0.1, 0.15) is 6.04 Å². The Kier molecular flexibility index (Phi) is 5.32. The second kappa shape index (κ2) is 7.22. The molecular weight excluding hydrogens is 304 g/mol. The van der Waals surface area contributed by atoms with Crippen molar-refractivity contribution in [3.8, 4) is 10.6 Å². The van der Waals surface area contributed by atoms with Crippen LogP contribution in [0.25, 0.3) is 10.6 Å². The summed E-state index contributed by atoms with van der Waals surface area (Å²) in [5.41, 5.74) is 0.140. The number of amides is 1. The van der Waals surface area contributed by atoms with Crippen LogP contribution in [0.3, 0.4) is 0 Å². The number of ether oxygens (including phenoxy) is 1. The second-order valence-electron chi connectivity index (χ2n) is 5.23.